The smallest absolute Gasteiger partial charge is 0.193 e. The summed E-state index contributed by atoms with van der Waals surface area (Å²) in [5.74, 6) is 1.65. The Labute approximate surface area is 156 Å². The summed E-state index contributed by atoms with van der Waals surface area (Å²) in [6.07, 6.45) is 3.79. The van der Waals surface area contributed by atoms with Gasteiger partial charge in [0.25, 0.3) is 0 Å². The van der Waals surface area contributed by atoms with Crippen LogP contribution < -0.4 is 5.32 Å². The summed E-state index contributed by atoms with van der Waals surface area (Å²) in [5.41, 5.74) is 0. The van der Waals surface area contributed by atoms with Crippen molar-refractivity contribution in [3.63, 3.8) is 0 Å². The van der Waals surface area contributed by atoms with Gasteiger partial charge in [0, 0.05) is 37.5 Å². The summed E-state index contributed by atoms with van der Waals surface area (Å²) < 4.78 is 5.52. The average molecular weight is 365 g/mol. The molecule has 0 aromatic carbocycles. The third kappa shape index (κ3) is 5.19. The lowest BCUT2D eigenvalue weighted by Gasteiger charge is -2.28. The highest BCUT2D eigenvalue weighted by atomic mass is 32.1. The van der Waals surface area contributed by atoms with Crippen molar-refractivity contribution in [3.05, 3.63) is 22.4 Å². The first-order chi connectivity index (χ1) is 12.3. The fourth-order valence-corrected chi connectivity index (χ4v) is 4.62. The molecule has 1 N–H and O–H groups in total. The van der Waals surface area contributed by atoms with Crippen LogP contribution in [0.1, 0.15) is 37.1 Å². The van der Waals surface area contributed by atoms with Gasteiger partial charge < -0.3 is 15.0 Å². The van der Waals surface area contributed by atoms with Crippen molar-refractivity contribution >= 4 is 17.3 Å². The van der Waals surface area contributed by atoms with Gasteiger partial charge >= 0.3 is 0 Å². The first-order valence-electron chi connectivity index (χ1n) is 9.62. The second-order valence-corrected chi connectivity index (χ2v) is 8.06. The summed E-state index contributed by atoms with van der Waals surface area (Å²) in [6, 6.07) is 4.83. The maximum Gasteiger partial charge on any atom is 0.193 e. The molecule has 0 amide bonds. The molecule has 0 bridgehead atoms. The van der Waals surface area contributed by atoms with Crippen LogP contribution in [0.25, 0.3) is 0 Å². The zero-order chi connectivity index (χ0) is 17.5. The Balaban J connectivity index is 1.66. The Bertz CT molecular complexity index is 522. The van der Waals surface area contributed by atoms with Crippen molar-refractivity contribution in [1.82, 2.24) is 15.1 Å². The van der Waals surface area contributed by atoms with E-state index in [-0.39, 0.29) is 0 Å². The molecule has 0 saturated carbocycles. The van der Waals surface area contributed by atoms with E-state index in [1.807, 2.05) is 11.3 Å². The molecule has 2 fully saturated rings. The maximum atomic E-state index is 5.52. The molecular weight excluding hydrogens is 332 g/mol. The lowest BCUT2D eigenvalue weighted by molar-refractivity contribution is 0.181. The molecule has 0 spiro atoms. The highest BCUT2D eigenvalue weighted by Crippen LogP contribution is 2.28. The molecule has 1 aromatic heterocycles. The van der Waals surface area contributed by atoms with E-state index in [0.29, 0.717) is 12.0 Å². The van der Waals surface area contributed by atoms with Crippen LogP contribution in [0.15, 0.2) is 22.5 Å². The van der Waals surface area contributed by atoms with Crippen LogP contribution in [-0.4, -0.2) is 68.7 Å². The number of hydrogen-bond donors (Lipinski definition) is 1. The largest absolute Gasteiger partial charge is 0.381 e. The number of nitrogens with zero attached hydrogens (tertiary/aromatic N) is 3. The lowest BCUT2D eigenvalue weighted by atomic mass is 10.1. The quantitative estimate of drug-likeness (QED) is 0.597. The van der Waals surface area contributed by atoms with Crippen LogP contribution in [0.3, 0.4) is 0 Å². The van der Waals surface area contributed by atoms with Gasteiger partial charge in [0.15, 0.2) is 5.96 Å². The molecular formula is C19H32N4OS. The fraction of sp³-hybridized carbons (Fsp3) is 0.737. The van der Waals surface area contributed by atoms with E-state index < -0.39 is 0 Å². The van der Waals surface area contributed by atoms with E-state index in [9.17, 15) is 0 Å². The second kappa shape index (κ2) is 9.55. The zero-order valence-corrected chi connectivity index (χ0v) is 16.4. The van der Waals surface area contributed by atoms with E-state index in [4.69, 9.17) is 9.73 Å². The van der Waals surface area contributed by atoms with Gasteiger partial charge in [-0.2, -0.15) is 0 Å². The average Bonchev–Trinajstić information content (AvgIpc) is 3.37. The summed E-state index contributed by atoms with van der Waals surface area (Å²) in [7, 11) is 2.15. The van der Waals surface area contributed by atoms with Gasteiger partial charge in [-0.1, -0.05) is 6.07 Å². The van der Waals surface area contributed by atoms with Gasteiger partial charge in [-0.25, -0.2) is 0 Å². The van der Waals surface area contributed by atoms with Crippen molar-refractivity contribution in [2.24, 2.45) is 10.9 Å². The Morgan fingerprint density at radius 1 is 1.48 bits per heavy atom. The van der Waals surface area contributed by atoms with E-state index in [2.05, 4.69) is 46.6 Å². The molecule has 6 heteroatoms. The molecule has 25 heavy (non-hydrogen) atoms. The molecule has 2 atom stereocenters. The number of aliphatic imine (C=N–C) groups is 1. The molecule has 2 unspecified atom stereocenters. The summed E-state index contributed by atoms with van der Waals surface area (Å²) >= 11 is 1.86. The Hall–Kier alpha value is -1.11. The minimum absolute atomic E-state index is 0.416. The van der Waals surface area contributed by atoms with Crippen LogP contribution in [-0.2, 0) is 4.74 Å². The van der Waals surface area contributed by atoms with E-state index >= 15 is 0 Å². The Morgan fingerprint density at radius 2 is 2.32 bits per heavy atom. The Morgan fingerprint density at radius 3 is 2.96 bits per heavy atom. The maximum absolute atomic E-state index is 5.52. The van der Waals surface area contributed by atoms with Crippen molar-refractivity contribution in [2.75, 3.05) is 53.0 Å². The van der Waals surface area contributed by atoms with Crippen molar-refractivity contribution in [3.8, 4) is 0 Å². The minimum atomic E-state index is 0.416. The van der Waals surface area contributed by atoms with Crippen molar-refractivity contribution < 1.29 is 4.74 Å². The second-order valence-electron chi connectivity index (χ2n) is 7.08. The van der Waals surface area contributed by atoms with Crippen molar-refractivity contribution in [1.29, 1.82) is 0 Å². The molecule has 140 valence electrons. The first kappa shape index (κ1) is 18.7. The number of hydrogen-bond acceptors (Lipinski definition) is 4. The molecule has 0 radical (unpaired) electrons. The molecule has 1 aromatic rings. The zero-order valence-electron chi connectivity index (χ0n) is 15.6. The SMILES string of the molecule is CCNC(=NCC(c1cccs1)N1CCCC1)N(C)CC1CCOC1. The molecule has 3 rings (SSSR count). The van der Waals surface area contributed by atoms with E-state index in [1.54, 1.807) is 0 Å². The monoisotopic (exact) mass is 364 g/mol. The number of likely N-dealkylation sites (tertiary alicyclic amines) is 1. The number of ether oxygens (including phenoxy) is 1. The van der Waals surface area contributed by atoms with Crippen LogP contribution in [0.2, 0.25) is 0 Å². The van der Waals surface area contributed by atoms with E-state index in [0.717, 1.165) is 45.2 Å². The molecule has 2 aliphatic heterocycles. The molecule has 2 saturated heterocycles. The number of guanidine groups is 1. The van der Waals surface area contributed by atoms with Gasteiger partial charge in [-0.15, -0.1) is 11.3 Å². The first-order valence-corrected chi connectivity index (χ1v) is 10.5. The minimum Gasteiger partial charge on any atom is -0.381 e. The normalized spacial score (nSPS) is 23.1. The predicted molar refractivity (Wildman–Crippen MR) is 105 cm³/mol. The van der Waals surface area contributed by atoms with Gasteiger partial charge in [0.1, 0.15) is 0 Å². The van der Waals surface area contributed by atoms with Crippen LogP contribution >= 0.6 is 11.3 Å². The molecule has 0 aliphatic carbocycles. The third-order valence-corrected chi connectivity index (χ3v) is 6.09. The topological polar surface area (TPSA) is 40.1 Å². The van der Waals surface area contributed by atoms with E-state index in [1.165, 1.54) is 30.8 Å². The summed E-state index contributed by atoms with van der Waals surface area (Å²) in [5, 5.41) is 5.65. The number of rotatable bonds is 7. The predicted octanol–water partition coefficient (Wildman–Crippen LogP) is 2.82. The summed E-state index contributed by atoms with van der Waals surface area (Å²) in [6.45, 7) is 9.06. The molecule has 2 aliphatic rings. The summed E-state index contributed by atoms with van der Waals surface area (Å²) in [4.78, 5) is 11.3. The Kier molecular flexibility index (Phi) is 7.13. The van der Waals surface area contributed by atoms with Gasteiger partial charge in [0.05, 0.1) is 19.2 Å². The highest BCUT2D eigenvalue weighted by molar-refractivity contribution is 7.10. The van der Waals surface area contributed by atoms with Crippen LogP contribution in [0, 0.1) is 5.92 Å². The number of thiophene rings is 1. The van der Waals surface area contributed by atoms with Gasteiger partial charge in [0.2, 0.25) is 0 Å². The van der Waals surface area contributed by atoms with Gasteiger partial charge in [-0.3, -0.25) is 9.89 Å². The lowest BCUT2D eigenvalue weighted by Crippen LogP contribution is -2.42. The number of nitrogens with one attached hydrogen (secondary N) is 1. The van der Waals surface area contributed by atoms with Crippen LogP contribution in [0.4, 0.5) is 0 Å². The van der Waals surface area contributed by atoms with Crippen molar-refractivity contribution in [2.45, 2.75) is 32.2 Å². The molecule has 3 heterocycles. The molecule has 5 nitrogen and oxygen atoms in total. The fourth-order valence-electron chi connectivity index (χ4n) is 3.76. The highest BCUT2D eigenvalue weighted by Gasteiger charge is 2.25. The third-order valence-electron chi connectivity index (χ3n) is 5.12. The van der Waals surface area contributed by atoms with Gasteiger partial charge in [-0.05, 0) is 50.7 Å². The van der Waals surface area contributed by atoms with Crippen LogP contribution in [0.5, 0.6) is 0 Å². The standard InChI is InChI=1S/C19H32N4OS/c1-3-20-19(22(2)14-16-8-11-24-15-16)21-13-17(18-7-6-12-25-18)23-9-4-5-10-23/h6-7,12,16-17H,3-5,8-11,13-15H2,1-2H3,(H,20,21).